The summed E-state index contributed by atoms with van der Waals surface area (Å²) in [6.45, 7) is 2.84. The van der Waals surface area contributed by atoms with Gasteiger partial charge in [-0.3, -0.25) is 0 Å². The predicted molar refractivity (Wildman–Crippen MR) is 35.9 cm³/mol. The number of allylic oxidation sites excluding steroid dienone is 1. The molecule has 0 fully saturated rings. The number of halogens is 4. The van der Waals surface area contributed by atoms with Crippen LogP contribution in [-0.4, -0.2) is 19.8 Å². The Kier molecular flexibility index (Phi) is 3.40. The molecule has 0 spiro atoms. The second-order valence-electron chi connectivity index (χ2n) is 1.66. The van der Waals surface area contributed by atoms with Crippen LogP contribution in [-0.2, 0) is 14.3 Å². The van der Waals surface area contributed by atoms with Crippen molar-refractivity contribution in [3.05, 3.63) is 12.3 Å². The molecule has 0 aromatic carbocycles. The van der Waals surface area contributed by atoms with Crippen LogP contribution in [0.3, 0.4) is 0 Å². The Morgan fingerprint density at radius 3 is 2.17 bits per heavy atom. The molecule has 0 amide bonds. The van der Waals surface area contributed by atoms with Gasteiger partial charge >= 0.3 is 15.6 Å². The van der Waals surface area contributed by atoms with Crippen LogP contribution in [0.5, 0.6) is 0 Å². The van der Waals surface area contributed by atoms with Gasteiger partial charge in [0.2, 0.25) is 0 Å². The minimum atomic E-state index is -5.59. The highest BCUT2D eigenvalue weighted by atomic mass is 35.5. The molecule has 0 saturated heterocycles. The van der Waals surface area contributed by atoms with E-state index in [0.717, 1.165) is 0 Å². The normalized spacial score (nSPS) is 12.7. The van der Waals surface area contributed by atoms with Gasteiger partial charge in [-0.1, -0.05) is 6.58 Å². The van der Waals surface area contributed by atoms with Crippen molar-refractivity contribution in [3.8, 4) is 0 Å². The fourth-order valence-electron chi connectivity index (χ4n) is 0.225. The van der Waals surface area contributed by atoms with Gasteiger partial charge in [-0.15, -0.1) is 11.6 Å². The van der Waals surface area contributed by atoms with Crippen molar-refractivity contribution >= 4 is 21.7 Å². The summed E-state index contributed by atoms with van der Waals surface area (Å²) in [5.41, 5.74) is -5.44. The van der Waals surface area contributed by atoms with Gasteiger partial charge in [0, 0.05) is 0 Å². The maximum absolute atomic E-state index is 11.5. The molecule has 0 aliphatic rings. The highest BCUT2D eigenvalue weighted by Crippen LogP contribution is 2.26. The first-order valence-corrected chi connectivity index (χ1v) is 4.39. The Bertz CT molecular complexity index is 268. The molecule has 0 radical (unpaired) electrons. The third-order valence-electron chi connectivity index (χ3n) is 0.660. The fraction of sp³-hybridized carbons (Fsp3) is 0.500. The maximum Gasteiger partial charge on any atom is 0.534 e. The average Bonchev–Trinajstić information content (AvgIpc) is 1.84. The highest BCUT2D eigenvalue weighted by molar-refractivity contribution is 7.87. The molecular weight excluding hydrogens is 221 g/mol. The van der Waals surface area contributed by atoms with Gasteiger partial charge in [-0.25, -0.2) is 0 Å². The number of hydrogen-bond donors (Lipinski definition) is 0. The third kappa shape index (κ3) is 2.90. The molecule has 0 saturated carbocycles. The molecule has 0 bridgehead atoms. The molecule has 12 heavy (non-hydrogen) atoms. The molecule has 0 aliphatic heterocycles. The first-order chi connectivity index (χ1) is 5.20. The van der Waals surface area contributed by atoms with Gasteiger partial charge in [0.1, 0.15) is 5.76 Å². The van der Waals surface area contributed by atoms with Crippen molar-refractivity contribution in [3.63, 3.8) is 0 Å². The molecule has 0 atom stereocenters. The van der Waals surface area contributed by atoms with Crippen LogP contribution in [0.15, 0.2) is 12.3 Å². The molecule has 0 rings (SSSR count). The van der Waals surface area contributed by atoms with Crippen LogP contribution < -0.4 is 0 Å². The summed E-state index contributed by atoms with van der Waals surface area (Å²) in [6.07, 6.45) is 0. The SMILES string of the molecule is C=C(CCl)OS(=O)(=O)C(F)(F)F. The van der Waals surface area contributed by atoms with Gasteiger partial charge in [0.05, 0.1) is 5.88 Å². The molecule has 0 aromatic heterocycles. The van der Waals surface area contributed by atoms with E-state index in [9.17, 15) is 21.6 Å². The summed E-state index contributed by atoms with van der Waals surface area (Å²) in [4.78, 5) is 0. The molecule has 0 unspecified atom stereocenters. The quantitative estimate of drug-likeness (QED) is 0.317. The Morgan fingerprint density at radius 1 is 1.50 bits per heavy atom. The minimum Gasteiger partial charge on any atom is -0.380 e. The smallest absolute Gasteiger partial charge is 0.380 e. The van der Waals surface area contributed by atoms with Crippen LogP contribution in [0.1, 0.15) is 0 Å². The zero-order chi connectivity index (χ0) is 9.99. The average molecular weight is 225 g/mol. The van der Waals surface area contributed by atoms with Gasteiger partial charge < -0.3 is 4.18 Å². The van der Waals surface area contributed by atoms with Crippen molar-refractivity contribution in [2.45, 2.75) is 5.51 Å². The standard InChI is InChI=1S/C4H4ClF3O3S/c1-3(2-5)11-12(9,10)4(6,7)8/h1-2H2. The molecule has 0 heterocycles. The van der Waals surface area contributed by atoms with Crippen LogP contribution in [0.25, 0.3) is 0 Å². The van der Waals surface area contributed by atoms with E-state index in [1.54, 1.807) is 0 Å². The van der Waals surface area contributed by atoms with E-state index in [1.165, 1.54) is 0 Å². The monoisotopic (exact) mass is 224 g/mol. The van der Waals surface area contributed by atoms with Crippen molar-refractivity contribution in [2.75, 3.05) is 5.88 Å². The topological polar surface area (TPSA) is 43.4 Å². The van der Waals surface area contributed by atoms with Crippen LogP contribution in [0.4, 0.5) is 13.2 Å². The van der Waals surface area contributed by atoms with Crippen LogP contribution in [0.2, 0.25) is 0 Å². The van der Waals surface area contributed by atoms with Gasteiger partial charge in [-0.05, 0) is 0 Å². The lowest BCUT2D eigenvalue weighted by Crippen LogP contribution is -2.25. The van der Waals surface area contributed by atoms with E-state index in [4.69, 9.17) is 11.6 Å². The molecule has 3 nitrogen and oxygen atoms in total. The van der Waals surface area contributed by atoms with E-state index in [0.29, 0.717) is 0 Å². The summed E-state index contributed by atoms with van der Waals surface area (Å²) in [5, 5.41) is 0. The minimum absolute atomic E-state index is 0.519. The van der Waals surface area contributed by atoms with Crippen molar-refractivity contribution in [1.29, 1.82) is 0 Å². The Labute approximate surface area is 71.9 Å². The van der Waals surface area contributed by atoms with E-state index in [2.05, 4.69) is 10.8 Å². The van der Waals surface area contributed by atoms with Crippen molar-refractivity contribution in [2.24, 2.45) is 0 Å². The summed E-state index contributed by atoms with van der Waals surface area (Å²) >= 11 is 4.95. The zero-order valence-corrected chi connectivity index (χ0v) is 7.13. The van der Waals surface area contributed by atoms with Gasteiger partial charge in [-0.2, -0.15) is 21.6 Å². The maximum atomic E-state index is 11.5. The lowest BCUT2D eigenvalue weighted by Gasteiger charge is -2.08. The Morgan fingerprint density at radius 2 is 1.92 bits per heavy atom. The lowest BCUT2D eigenvalue weighted by atomic mass is 10.7. The number of alkyl halides is 4. The molecule has 0 aromatic rings. The van der Waals surface area contributed by atoms with Gasteiger partial charge in [0.25, 0.3) is 0 Å². The van der Waals surface area contributed by atoms with E-state index in [1.807, 2.05) is 0 Å². The largest absolute Gasteiger partial charge is 0.534 e. The molecular formula is C4H4ClF3O3S. The Hall–Kier alpha value is -0.430. The first-order valence-electron chi connectivity index (χ1n) is 2.45. The zero-order valence-electron chi connectivity index (χ0n) is 5.56. The van der Waals surface area contributed by atoms with E-state index < -0.39 is 27.3 Å². The van der Waals surface area contributed by atoms with Crippen LogP contribution in [0, 0.1) is 0 Å². The van der Waals surface area contributed by atoms with E-state index in [-0.39, 0.29) is 0 Å². The second kappa shape index (κ2) is 3.53. The third-order valence-corrected chi connectivity index (χ3v) is 1.98. The lowest BCUT2D eigenvalue weighted by molar-refractivity contribution is -0.0521. The number of hydrogen-bond acceptors (Lipinski definition) is 3. The summed E-state index contributed by atoms with van der Waals surface area (Å²) in [5.74, 6) is -1.19. The highest BCUT2D eigenvalue weighted by Gasteiger charge is 2.48. The van der Waals surface area contributed by atoms with Crippen molar-refractivity contribution < 1.29 is 25.8 Å². The molecule has 72 valence electrons. The summed E-state index contributed by atoms with van der Waals surface area (Å²) in [7, 11) is -5.59. The first kappa shape index (κ1) is 11.6. The summed E-state index contributed by atoms with van der Waals surface area (Å²) < 4.78 is 58.4. The molecule has 0 N–H and O–H groups in total. The second-order valence-corrected chi connectivity index (χ2v) is 3.46. The van der Waals surface area contributed by atoms with Crippen molar-refractivity contribution in [1.82, 2.24) is 0 Å². The predicted octanol–water partition coefficient (Wildman–Crippen LogP) is 1.61. The molecule has 0 aliphatic carbocycles. The molecule has 8 heteroatoms. The summed E-state index contributed by atoms with van der Waals surface area (Å²) in [6, 6.07) is 0. The van der Waals surface area contributed by atoms with Gasteiger partial charge in [0.15, 0.2) is 0 Å². The fourth-order valence-corrected chi connectivity index (χ4v) is 0.808. The number of rotatable bonds is 3. The Balaban J connectivity index is 4.58. The van der Waals surface area contributed by atoms with Crippen LogP contribution >= 0.6 is 11.6 Å². The van der Waals surface area contributed by atoms with E-state index >= 15 is 0 Å².